The monoisotopic (exact) mass is 634 g/mol. The van der Waals surface area contributed by atoms with Crippen LogP contribution in [0.1, 0.15) is 75.1 Å². The smallest absolute Gasteiger partial charge is 0.251 e. The highest BCUT2D eigenvalue weighted by atomic mass is 16.5. The molecule has 244 valence electrons. The highest BCUT2D eigenvalue weighted by molar-refractivity contribution is 5.99. The quantitative estimate of drug-likeness (QED) is 0.0477. The zero-order chi connectivity index (χ0) is 33.4. The van der Waals surface area contributed by atoms with Crippen LogP contribution in [0.15, 0.2) is 97.1 Å². The lowest BCUT2D eigenvalue weighted by Gasteiger charge is -2.09. The number of amidine groups is 2. The molecule has 0 spiro atoms. The van der Waals surface area contributed by atoms with Crippen LogP contribution >= 0.6 is 0 Å². The Morgan fingerprint density at radius 2 is 0.809 bits per heavy atom. The molecule has 0 aliphatic carbocycles. The lowest BCUT2D eigenvalue weighted by Crippen LogP contribution is -2.23. The molecule has 4 aromatic rings. The van der Waals surface area contributed by atoms with Crippen LogP contribution in [0.3, 0.4) is 0 Å². The summed E-state index contributed by atoms with van der Waals surface area (Å²) in [6.07, 6.45) is 5.22. The maximum Gasteiger partial charge on any atom is 0.251 e. The Labute approximate surface area is 275 Å². The van der Waals surface area contributed by atoms with Crippen LogP contribution in [-0.2, 0) is 13.1 Å². The summed E-state index contributed by atoms with van der Waals surface area (Å²) in [7, 11) is 0. The average Bonchev–Trinajstić information content (AvgIpc) is 3.10. The normalized spacial score (nSPS) is 10.6. The van der Waals surface area contributed by atoms with Crippen molar-refractivity contribution in [2.24, 2.45) is 11.5 Å². The van der Waals surface area contributed by atoms with E-state index in [0.29, 0.717) is 48.6 Å². The van der Waals surface area contributed by atoms with E-state index in [0.717, 1.165) is 54.7 Å². The standard InChI is InChI=1S/C37H42N6O4/c38-34(39)28-10-14-30(15-11-28)36(44)42-24-26-6-18-32(19-7-26)46-22-4-2-1-3-5-23-47-33-20-8-27(9-21-33)25-43-37(45)31-16-12-29(13-17-31)35(40)41/h6-21H,1-5,22-25H2,(H3,38,39)(H3,40,41)(H,42,44)(H,43,45). The third-order valence-corrected chi connectivity index (χ3v) is 7.50. The first kappa shape index (κ1) is 34.2. The molecule has 0 heterocycles. The predicted molar refractivity (Wildman–Crippen MR) is 184 cm³/mol. The molecule has 4 rings (SSSR count). The fraction of sp³-hybridized carbons (Fsp3) is 0.243. The molecular weight excluding hydrogens is 592 g/mol. The van der Waals surface area contributed by atoms with E-state index in [4.69, 9.17) is 31.8 Å². The van der Waals surface area contributed by atoms with Crippen molar-refractivity contribution in [2.45, 2.75) is 45.2 Å². The molecule has 2 amide bonds. The van der Waals surface area contributed by atoms with Crippen LogP contribution in [0.25, 0.3) is 0 Å². The largest absolute Gasteiger partial charge is 0.494 e. The van der Waals surface area contributed by atoms with Gasteiger partial charge in [-0.1, -0.05) is 67.8 Å². The molecule has 0 saturated carbocycles. The van der Waals surface area contributed by atoms with Crippen molar-refractivity contribution in [2.75, 3.05) is 13.2 Å². The maximum absolute atomic E-state index is 12.4. The van der Waals surface area contributed by atoms with Gasteiger partial charge in [0.15, 0.2) is 0 Å². The third-order valence-electron chi connectivity index (χ3n) is 7.50. The van der Waals surface area contributed by atoms with Crippen LogP contribution in [-0.4, -0.2) is 36.7 Å². The highest BCUT2D eigenvalue weighted by Crippen LogP contribution is 2.16. The van der Waals surface area contributed by atoms with Crippen molar-refractivity contribution in [3.63, 3.8) is 0 Å². The van der Waals surface area contributed by atoms with Crippen molar-refractivity contribution in [1.29, 1.82) is 10.8 Å². The summed E-state index contributed by atoms with van der Waals surface area (Å²) >= 11 is 0. The molecule has 0 saturated heterocycles. The van der Waals surface area contributed by atoms with Crippen molar-refractivity contribution in [1.82, 2.24) is 10.6 Å². The Kier molecular flexibility index (Phi) is 12.9. The number of carbonyl (C=O) groups is 2. The summed E-state index contributed by atoms with van der Waals surface area (Å²) in [5.74, 6) is 1.19. The number of hydrogen-bond donors (Lipinski definition) is 6. The van der Waals surface area contributed by atoms with E-state index in [2.05, 4.69) is 10.6 Å². The molecule has 0 bridgehead atoms. The summed E-state index contributed by atoms with van der Waals surface area (Å²) in [5.41, 5.74) is 15.1. The second-order valence-corrected chi connectivity index (χ2v) is 11.1. The van der Waals surface area contributed by atoms with Gasteiger partial charge in [-0.2, -0.15) is 0 Å². The third kappa shape index (κ3) is 11.3. The Morgan fingerprint density at radius 1 is 0.489 bits per heavy atom. The van der Waals surface area contributed by atoms with E-state index in [1.807, 2.05) is 48.5 Å². The fourth-order valence-corrected chi connectivity index (χ4v) is 4.69. The Morgan fingerprint density at radius 3 is 1.15 bits per heavy atom. The van der Waals surface area contributed by atoms with E-state index in [9.17, 15) is 9.59 Å². The minimum atomic E-state index is -0.183. The molecule has 0 aromatic heterocycles. The zero-order valence-electron chi connectivity index (χ0n) is 26.4. The summed E-state index contributed by atoms with van der Waals surface area (Å²) in [5, 5.41) is 20.7. The minimum Gasteiger partial charge on any atom is -0.494 e. The van der Waals surface area contributed by atoms with Crippen molar-refractivity contribution in [3.8, 4) is 11.5 Å². The molecule has 0 radical (unpaired) electrons. The molecule has 4 aromatic carbocycles. The average molecular weight is 635 g/mol. The van der Waals surface area contributed by atoms with Crippen molar-refractivity contribution < 1.29 is 19.1 Å². The number of hydrogen-bond acceptors (Lipinski definition) is 6. The Bertz CT molecular complexity index is 1500. The first-order valence-electron chi connectivity index (χ1n) is 15.7. The van der Waals surface area contributed by atoms with E-state index in [1.165, 1.54) is 0 Å². The molecule has 0 aliphatic heterocycles. The number of unbranched alkanes of at least 4 members (excludes halogenated alkanes) is 4. The van der Waals surface area contributed by atoms with Gasteiger partial charge in [-0.15, -0.1) is 0 Å². The first-order valence-corrected chi connectivity index (χ1v) is 15.7. The molecular formula is C37H42N6O4. The number of nitrogens with one attached hydrogen (secondary N) is 4. The molecule has 0 fully saturated rings. The molecule has 47 heavy (non-hydrogen) atoms. The lowest BCUT2D eigenvalue weighted by atomic mass is 10.1. The first-order chi connectivity index (χ1) is 22.8. The summed E-state index contributed by atoms with van der Waals surface area (Å²) in [6.45, 7) is 2.12. The molecule has 0 aliphatic rings. The number of carbonyl (C=O) groups excluding carboxylic acids is 2. The zero-order valence-corrected chi connectivity index (χ0v) is 26.4. The van der Waals surface area contributed by atoms with Gasteiger partial charge in [0, 0.05) is 35.3 Å². The van der Waals surface area contributed by atoms with Gasteiger partial charge in [0.05, 0.1) is 13.2 Å². The second-order valence-electron chi connectivity index (χ2n) is 11.1. The maximum atomic E-state index is 12.4. The van der Waals surface area contributed by atoms with Gasteiger partial charge in [-0.25, -0.2) is 0 Å². The van der Waals surface area contributed by atoms with Gasteiger partial charge >= 0.3 is 0 Å². The van der Waals surface area contributed by atoms with Crippen LogP contribution in [0.2, 0.25) is 0 Å². The molecule has 0 unspecified atom stereocenters. The van der Waals surface area contributed by atoms with Crippen molar-refractivity contribution in [3.05, 3.63) is 130 Å². The minimum absolute atomic E-state index is 0.0279. The van der Waals surface area contributed by atoms with Gasteiger partial charge in [0.25, 0.3) is 11.8 Å². The van der Waals surface area contributed by atoms with Gasteiger partial charge in [0.2, 0.25) is 0 Å². The summed E-state index contributed by atoms with van der Waals surface area (Å²) in [6, 6.07) is 28.7. The number of ether oxygens (including phenoxy) is 2. The van der Waals surface area contributed by atoms with Crippen LogP contribution in [0.5, 0.6) is 11.5 Å². The number of nitrogen functional groups attached to an aromatic ring is 2. The predicted octanol–water partition coefficient (Wildman–Crippen LogP) is 5.52. The van der Waals surface area contributed by atoms with Crippen LogP contribution in [0.4, 0.5) is 0 Å². The number of nitrogens with two attached hydrogens (primary N) is 2. The van der Waals surface area contributed by atoms with E-state index < -0.39 is 0 Å². The summed E-state index contributed by atoms with van der Waals surface area (Å²) < 4.78 is 11.7. The molecule has 10 heteroatoms. The highest BCUT2D eigenvalue weighted by Gasteiger charge is 2.08. The molecule has 0 atom stereocenters. The second kappa shape index (κ2) is 17.7. The number of rotatable bonds is 18. The van der Waals surface area contributed by atoms with E-state index in [1.54, 1.807) is 48.5 Å². The SMILES string of the molecule is N=C(N)c1ccc(C(=O)NCc2ccc(OCCCCCCCOc3ccc(CNC(=O)c4ccc(C(=N)N)cc4)cc3)cc2)cc1. The lowest BCUT2D eigenvalue weighted by molar-refractivity contribution is 0.0943. The van der Waals surface area contributed by atoms with E-state index in [-0.39, 0.29) is 23.5 Å². The molecule has 10 nitrogen and oxygen atoms in total. The number of benzene rings is 4. The van der Waals surface area contributed by atoms with Crippen LogP contribution in [0, 0.1) is 10.8 Å². The van der Waals surface area contributed by atoms with Crippen LogP contribution < -0.4 is 31.6 Å². The van der Waals surface area contributed by atoms with E-state index >= 15 is 0 Å². The van der Waals surface area contributed by atoms with Gasteiger partial charge in [-0.05, 0) is 72.5 Å². The Hall–Kier alpha value is -5.64. The Balaban J connectivity index is 1.01. The fourth-order valence-electron chi connectivity index (χ4n) is 4.69. The topological polar surface area (TPSA) is 176 Å². The molecule has 8 N–H and O–H groups in total. The van der Waals surface area contributed by atoms with Gasteiger partial charge in [-0.3, -0.25) is 20.4 Å². The summed E-state index contributed by atoms with van der Waals surface area (Å²) in [4.78, 5) is 24.7. The van der Waals surface area contributed by atoms with Gasteiger partial charge in [0.1, 0.15) is 23.2 Å². The van der Waals surface area contributed by atoms with Gasteiger partial charge < -0.3 is 31.6 Å². The van der Waals surface area contributed by atoms with Crippen molar-refractivity contribution >= 4 is 23.5 Å². The number of amides is 2.